The Kier molecular flexibility index (Phi) is 5.19. The molecular formula is C17H24N2O5S. The van der Waals surface area contributed by atoms with E-state index >= 15 is 0 Å². The highest BCUT2D eigenvalue weighted by Gasteiger charge is 2.34. The summed E-state index contributed by atoms with van der Waals surface area (Å²) >= 11 is 0. The van der Waals surface area contributed by atoms with Crippen LogP contribution in [0.15, 0.2) is 23.1 Å². The Labute approximate surface area is 148 Å². The summed E-state index contributed by atoms with van der Waals surface area (Å²) in [5.41, 5.74) is 0. The number of sulfonamides is 1. The van der Waals surface area contributed by atoms with Gasteiger partial charge in [0.25, 0.3) is 0 Å². The second kappa shape index (κ2) is 7.21. The Bertz CT molecular complexity index is 737. The molecule has 138 valence electrons. The molecule has 0 N–H and O–H groups in total. The second-order valence-electron chi connectivity index (χ2n) is 6.20. The summed E-state index contributed by atoms with van der Waals surface area (Å²) in [7, 11) is -3.59. The molecule has 0 radical (unpaired) electrons. The molecule has 0 aliphatic carbocycles. The van der Waals surface area contributed by atoms with Crippen LogP contribution in [0, 0.1) is 5.92 Å². The van der Waals surface area contributed by atoms with Crippen molar-refractivity contribution in [3.8, 4) is 11.5 Å². The molecule has 2 heterocycles. The maximum Gasteiger partial charge on any atom is 0.243 e. The lowest BCUT2D eigenvalue weighted by Gasteiger charge is -2.33. The lowest BCUT2D eigenvalue weighted by atomic mass is 9.96. The molecule has 1 aromatic rings. The fourth-order valence-electron chi connectivity index (χ4n) is 3.32. The third-order valence-electron chi connectivity index (χ3n) is 4.86. The monoisotopic (exact) mass is 368 g/mol. The van der Waals surface area contributed by atoms with Crippen molar-refractivity contribution in [2.24, 2.45) is 5.92 Å². The van der Waals surface area contributed by atoms with Gasteiger partial charge in [-0.25, -0.2) is 8.42 Å². The number of carbonyl (C=O) groups excluding carboxylic acids is 1. The number of rotatable bonds is 5. The molecular weight excluding hydrogens is 344 g/mol. The zero-order valence-corrected chi connectivity index (χ0v) is 15.4. The van der Waals surface area contributed by atoms with Crippen LogP contribution in [0.3, 0.4) is 0 Å². The SMILES string of the molecule is CCN(CC)C(=O)C1CCN(S(=O)(=O)c2ccc3c(c2)OCO3)CC1. The van der Waals surface area contributed by atoms with Gasteiger partial charge in [0.1, 0.15) is 0 Å². The lowest BCUT2D eigenvalue weighted by molar-refractivity contribution is -0.136. The molecule has 1 amide bonds. The minimum absolute atomic E-state index is 0.0943. The molecule has 0 spiro atoms. The summed E-state index contributed by atoms with van der Waals surface area (Å²) in [6, 6.07) is 4.66. The molecule has 0 bridgehead atoms. The third-order valence-corrected chi connectivity index (χ3v) is 6.75. The van der Waals surface area contributed by atoms with E-state index in [1.54, 1.807) is 6.07 Å². The summed E-state index contributed by atoms with van der Waals surface area (Å²) < 4.78 is 37.6. The average molecular weight is 368 g/mol. The lowest BCUT2D eigenvalue weighted by Crippen LogP contribution is -2.44. The van der Waals surface area contributed by atoms with Crippen LogP contribution in [0.1, 0.15) is 26.7 Å². The minimum atomic E-state index is -3.59. The van der Waals surface area contributed by atoms with Gasteiger partial charge < -0.3 is 14.4 Å². The molecule has 2 aliphatic rings. The van der Waals surface area contributed by atoms with Gasteiger partial charge in [-0.15, -0.1) is 0 Å². The van der Waals surface area contributed by atoms with Crippen LogP contribution in [0.5, 0.6) is 11.5 Å². The predicted molar refractivity (Wildman–Crippen MR) is 92.0 cm³/mol. The maximum absolute atomic E-state index is 12.8. The minimum Gasteiger partial charge on any atom is -0.454 e. The van der Waals surface area contributed by atoms with E-state index in [9.17, 15) is 13.2 Å². The maximum atomic E-state index is 12.8. The summed E-state index contributed by atoms with van der Waals surface area (Å²) in [6.45, 7) is 6.11. The van der Waals surface area contributed by atoms with E-state index in [4.69, 9.17) is 9.47 Å². The van der Waals surface area contributed by atoms with E-state index in [1.807, 2.05) is 18.7 Å². The topological polar surface area (TPSA) is 76.2 Å². The molecule has 1 fully saturated rings. The molecule has 0 saturated carbocycles. The zero-order valence-electron chi connectivity index (χ0n) is 14.6. The van der Waals surface area contributed by atoms with Crippen molar-refractivity contribution in [3.63, 3.8) is 0 Å². The van der Waals surface area contributed by atoms with E-state index in [-0.39, 0.29) is 23.5 Å². The van der Waals surface area contributed by atoms with Crippen LogP contribution in [-0.2, 0) is 14.8 Å². The molecule has 7 nitrogen and oxygen atoms in total. The van der Waals surface area contributed by atoms with E-state index in [0.717, 1.165) is 0 Å². The zero-order chi connectivity index (χ0) is 18.0. The van der Waals surface area contributed by atoms with Crippen LogP contribution in [-0.4, -0.2) is 56.5 Å². The Morgan fingerprint density at radius 1 is 1.16 bits per heavy atom. The van der Waals surface area contributed by atoms with Crippen molar-refractivity contribution in [2.75, 3.05) is 33.0 Å². The van der Waals surface area contributed by atoms with Crippen LogP contribution >= 0.6 is 0 Å². The molecule has 0 aromatic heterocycles. The second-order valence-corrected chi connectivity index (χ2v) is 8.14. The normalized spacial score (nSPS) is 18.3. The van der Waals surface area contributed by atoms with E-state index in [1.165, 1.54) is 16.4 Å². The van der Waals surface area contributed by atoms with E-state index in [2.05, 4.69) is 0 Å². The van der Waals surface area contributed by atoms with Crippen LogP contribution in [0.4, 0.5) is 0 Å². The first-order chi connectivity index (χ1) is 12.0. The molecule has 0 unspecified atom stereocenters. The molecule has 8 heteroatoms. The molecule has 25 heavy (non-hydrogen) atoms. The molecule has 1 saturated heterocycles. The van der Waals surface area contributed by atoms with E-state index in [0.29, 0.717) is 50.5 Å². The number of benzene rings is 1. The predicted octanol–water partition coefficient (Wildman–Crippen LogP) is 1.68. The number of fused-ring (bicyclic) bond motifs is 1. The van der Waals surface area contributed by atoms with Gasteiger partial charge in [0.05, 0.1) is 4.90 Å². The highest BCUT2D eigenvalue weighted by molar-refractivity contribution is 7.89. The van der Waals surface area contributed by atoms with Gasteiger partial charge in [0, 0.05) is 38.2 Å². The fourth-order valence-corrected chi connectivity index (χ4v) is 4.81. The Morgan fingerprint density at radius 3 is 2.44 bits per heavy atom. The first kappa shape index (κ1) is 18.0. The van der Waals surface area contributed by atoms with Gasteiger partial charge in [0.15, 0.2) is 11.5 Å². The third kappa shape index (κ3) is 3.46. The average Bonchev–Trinajstić information content (AvgIpc) is 3.10. The number of hydrogen-bond donors (Lipinski definition) is 0. The molecule has 2 aliphatic heterocycles. The highest BCUT2D eigenvalue weighted by Crippen LogP contribution is 2.35. The summed E-state index contributed by atoms with van der Waals surface area (Å²) in [5.74, 6) is 1.04. The fraction of sp³-hybridized carbons (Fsp3) is 0.588. The molecule has 0 atom stereocenters. The Morgan fingerprint density at radius 2 is 1.80 bits per heavy atom. The first-order valence-corrected chi connectivity index (χ1v) is 10.1. The van der Waals surface area contributed by atoms with Crippen molar-refractivity contribution in [1.82, 2.24) is 9.21 Å². The van der Waals surface area contributed by atoms with Crippen LogP contribution in [0.2, 0.25) is 0 Å². The van der Waals surface area contributed by atoms with Crippen molar-refractivity contribution >= 4 is 15.9 Å². The van der Waals surface area contributed by atoms with Gasteiger partial charge in [-0.1, -0.05) is 0 Å². The summed E-state index contributed by atoms with van der Waals surface area (Å²) in [6.07, 6.45) is 1.11. The number of carbonyl (C=O) groups is 1. The van der Waals surface area contributed by atoms with Gasteiger partial charge in [-0.05, 0) is 38.8 Å². The first-order valence-electron chi connectivity index (χ1n) is 8.66. The van der Waals surface area contributed by atoms with Crippen molar-refractivity contribution in [1.29, 1.82) is 0 Å². The number of hydrogen-bond acceptors (Lipinski definition) is 5. The van der Waals surface area contributed by atoms with Crippen LogP contribution < -0.4 is 9.47 Å². The number of ether oxygens (including phenoxy) is 2. The van der Waals surface area contributed by atoms with Crippen molar-refractivity contribution in [3.05, 3.63) is 18.2 Å². The van der Waals surface area contributed by atoms with Crippen LogP contribution in [0.25, 0.3) is 0 Å². The van der Waals surface area contributed by atoms with Gasteiger partial charge >= 0.3 is 0 Å². The van der Waals surface area contributed by atoms with Gasteiger partial charge in [-0.3, -0.25) is 4.79 Å². The van der Waals surface area contributed by atoms with Gasteiger partial charge in [0.2, 0.25) is 22.7 Å². The number of amides is 1. The summed E-state index contributed by atoms with van der Waals surface area (Å²) in [5, 5.41) is 0. The largest absolute Gasteiger partial charge is 0.454 e. The van der Waals surface area contributed by atoms with Crippen molar-refractivity contribution < 1.29 is 22.7 Å². The number of nitrogens with zero attached hydrogens (tertiary/aromatic N) is 2. The Balaban J connectivity index is 1.68. The standard InChI is InChI=1S/C17H24N2O5S/c1-3-18(4-2)17(20)13-7-9-19(10-8-13)25(21,22)14-5-6-15-16(11-14)24-12-23-15/h5-6,11,13H,3-4,7-10,12H2,1-2H3. The smallest absolute Gasteiger partial charge is 0.243 e. The number of piperidine rings is 1. The molecule has 3 rings (SSSR count). The Hall–Kier alpha value is -1.80. The van der Waals surface area contributed by atoms with Crippen molar-refractivity contribution in [2.45, 2.75) is 31.6 Å². The highest BCUT2D eigenvalue weighted by atomic mass is 32.2. The summed E-state index contributed by atoms with van der Waals surface area (Å²) in [4.78, 5) is 14.5. The van der Waals surface area contributed by atoms with Gasteiger partial charge in [-0.2, -0.15) is 4.31 Å². The van der Waals surface area contributed by atoms with E-state index < -0.39 is 10.0 Å². The quantitative estimate of drug-likeness (QED) is 0.790. The molecule has 1 aromatic carbocycles.